The van der Waals surface area contributed by atoms with Crippen molar-refractivity contribution in [3.8, 4) is 0 Å². The summed E-state index contributed by atoms with van der Waals surface area (Å²) in [6.45, 7) is 8.19. The quantitative estimate of drug-likeness (QED) is 0.534. The Morgan fingerprint density at radius 2 is 2.46 bits per heavy atom. The summed E-state index contributed by atoms with van der Waals surface area (Å²) in [6, 6.07) is 0. The normalized spacial score (nSPS) is 23.7. The maximum absolute atomic E-state index is 5.14. The third kappa shape index (κ3) is 3.71. The predicted octanol–water partition coefficient (Wildman–Crippen LogP) is 1.44. The molecule has 0 N–H and O–H groups in total. The minimum Gasteiger partial charge on any atom is -0.384 e. The van der Waals surface area contributed by atoms with Gasteiger partial charge in [0.05, 0.1) is 6.61 Å². The molecule has 76 valence electrons. The van der Waals surface area contributed by atoms with Crippen molar-refractivity contribution in [1.29, 1.82) is 0 Å². The van der Waals surface area contributed by atoms with Gasteiger partial charge in [0.15, 0.2) is 0 Å². The van der Waals surface area contributed by atoms with Crippen LogP contribution in [0.15, 0.2) is 12.2 Å². The lowest BCUT2D eigenvalue weighted by atomic mass is 10.1. The van der Waals surface area contributed by atoms with Gasteiger partial charge in [0.1, 0.15) is 0 Å². The van der Waals surface area contributed by atoms with Gasteiger partial charge in [-0.05, 0) is 18.9 Å². The van der Waals surface area contributed by atoms with Crippen LogP contribution in [0.5, 0.6) is 0 Å². The molecule has 1 rings (SSSR count). The molecule has 0 aliphatic carbocycles. The van der Waals surface area contributed by atoms with Crippen LogP contribution in [0.4, 0.5) is 0 Å². The highest BCUT2D eigenvalue weighted by Crippen LogP contribution is 2.17. The molecule has 0 aromatic rings. The van der Waals surface area contributed by atoms with E-state index in [1.165, 1.54) is 18.5 Å². The fourth-order valence-electron chi connectivity index (χ4n) is 1.79. The highest BCUT2D eigenvalue weighted by molar-refractivity contribution is 7.80. The highest BCUT2D eigenvalue weighted by atomic mass is 32.1. The largest absolute Gasteiger partial charge is 0.384 e. The summed E-state index contributed by atoms with van der Waals surface area (Å²) in [4.78, 5) is 2.43. The third-order valence-corrected chi connectivity index (χ3v) is 2.89. The van der Waals surface area contributed by atoms with Gasteiger partial charge < -0.3 is 4.74 Å². The number of methoxy groups -OCH3 is 1. The number of rotatable bonds is 5. The van der Waals surface area contributed by atoms with Crippen molar-refractivity contribution in [2.24, 2.45) is 5.92 Å². The summed E-state index contributed by atoms with van der Waals surface area (Å²) < 4.78 is 5.14. The smallest absolute Gasteiger partial charge is 0.0503 e. The van der Waals surface area contributed by atoms with Crippen LogP contribution in [-0.2, 0) is 4.74 Å². The van der Waals surface area contributed by atoms with E-state index in [0.717, 1.165) is 31.4 Å². The molecule has 0 spiro atoms. The first kappa shape index (κ1) is 11.1. The van der Waals surface area contributed by atoms with E-state index in [0.29, 0.717) is 0 Å². The summed E-state index contributed by atoms with van der Waals surface area (Å²) in [5.41, 5.74) is 1.21. The zero-order chi connectivity index (χ0) is 9.68. The highest BCUT2D eigenvalue weighted by Gasteiger charge is 2.21. The van der Waals surface area contributed by atoms with Gasteiger partial charge in [-0.1, -0.05) is 12.2 Å². The molecule has 1 heterocycles. The van der Waals surface area contributed by atoms with Crippen LogP contribution >= 0.6 is 12.6 Å². The van der Waals surface area contributed by atoms with Gasteiger partial charge in [-0.25, -0.2) is 0 Å². The lowest BCUT2D eigenvalue weighted by molar-refractivity contribution is 0.154. The molecule has 1 fully saturated rings. The fourth-order valence-corrected chi connectivity index (χ4v) is 1.89. The second-order valence-electron chi connectivity index (χ2n) is 3.75. The van der Waals surface area contributed by atoms with Crippen LogP contribution in [0, 0.1) is 5.92 Å². The first-order chi connectivity index (χ1) is 6.26. The second kappa shape index (κ2) is 5.68. The van der Waals surface area contributed by atoms with Gasteiger partial charge in [0, 0.05) is 26.0 Å². The molecule has 3 heteroatoms. The molecule has 0 aromatic carbocycles. The monoisotopic (exact) mass is 201 g/mol. The zero-order valence-corrected chi connectivity index (χ0v) is 9.22. The first-order valence-corrected chi connectivity index (χ1v) is 5.38. The van der Waals surface area contributed by atoms with Crippen molar-refractivity contribution in [3.63, 3.8) is 0 Å². The SMILES string of the molecule is C=C(CS)CN1CCC(COC)C1. The summed E-state index contributed by atoms with van der Waals surface area (Å²) in [5.74, 6) is 1.52. The molecule has 0 bridgehead atoms. The van der Waals surface area contributed by atoms with Crippen molar-refractivity contribution >= 4 is 12.6 Å². The summed E-state index contributed by atoms with van der Waals surface area (Å²) in [6.07, 6.45) is 1.26. The molecule has 0 saturated carbocycles. The van der Waals surface area contributed by atoms with E-state index in [1.807, 2.05) is 0 Å². The van der Waals surface area contributed by atoms with E-state index in [-0.39, 0.29) is 0 Å². The number of nitrogens with zero attached hydrogens (tertiary/aromatic N) is 1. The maximum Gasteiger partial charge on any atom is 0.0503 e. The lowest BCUT2D eigenvalue weighted by Gasteiger charge is -2.16. The lowest BCUT2D eigenvalue weighted by Crippen LogP contribution is -2.24. The summed E-state index contributed by atoms with van der Waals surface area (Å²) >= 11 is 4.20. The van der Waals surface area contributed by atoms with Crippen molar-refractivity contribution in [2.45, 2.75) is 6.42 Å². The Balaban J connectivity index is 2.20. The predicted molar refractivity (Wildman–Crippen MR) is 59.4 cm³/mol. The molecule has 0 amide bonds. The molecular formula is C10H19NOS. The van der Waals surface area contributed by atoms with Crippen molar-refractivity contribution in [2.75, 3.05) is 39.1 Å². The van der Waals surface area contributed by atoms with E-state index < -0.39 is 0 Å². The number of hydrogen-bond acceptors (Lipinski definition) is 3. The zero-order valence-electron chi connectivity index (χ0n) is 8.33. The van der Waals surface area contributed by atoms with Crippen LogP contribution in [0.25, 0.3) is 0 Å². The van der Waals surface area contributed by atoms with E-state index in [1.54, 1.807) is 7.11 Å². The molecule has 0 aromatic heterocycles. The molecule has 1 unspecified atom stereocenters. The Labute approximate surface area is 86.4 Å². The standard InChI is InChI=1S/C10H19NOS/c1-9(8-13)5-11-4-3-10(6-11)7-12-2/h10,13H,1,3-8H2,2H3. The van der Waals surface area contributed by atoms with Crippen LogP contribution in [-0.4, -0.2) is 44.0 Å². The second-order valence-corrected chi connectivity index (χ2v) is 4.07. The average molecular weight is 201 g/mol. The molecular weight excluding hydrogens is 182 g/mol. The third-order valence-electron chi connectivity index (χ3n) is 2.44. The van der Waals surface area contributed by atoms with Gasteiger partial charge in [-0.3, -0.25) is 4.90 Å². The Morgan fingerprint density at radius 1 is 1.69 bits per heavy atom. The van der Waals surface area contributed by atoms with Crippen molar-refractivity contribution in [1.82, 2.24) is 4.90 Å². The van der Waals surface area contributed by atoms with Crippen LogP contribution in [0.2, 0.25) is 0 Å². The first-order valence-electron chi connectivity index (χ1n) is 4.75. The minimum absolute atomic E-state index is 0.720. The number of thiol groups is 1. The Kier molecular flexibility index (Phi) is 4.84. The molecule has 0 radical (unpaired) electrons. The average Bonchev–Trinajstić information content (AvgIpc) is 2.53. The topological polar surface area (TPSA) is 12.5 Å². The van der Waals surface area contributed by atoms with Gasteiger partial charge in [0.25, 0.3) is 0 Å². The van der Waals surface area contributed by atoms with E-state index in [4.69, 9.17) is 4.74 Å². The van der Waals surface area contributed by atoms with E-state index in [9.17, 15) is 0 Å². The van der Waals surface area contributed by atoms with Crippen LogP contribution in [0.3, 0.4) is 0 Å². The van der Waals surface area contributed by atoms with Crippen LogP contribution < -0.4 is 0 Å². The van der Waals surface area contributed by atoms with E-state index >= 15 is 0 Å². The van der Waals surface area contributed by atoms with Crippen molar-refractivity contribution < 1.29 is 4.74 Å². The van der Waals surface area contributed by atoms with Crippen LogP contribution in [0.1, 0.15) is 6.42 Å². The van der Waals surface area contributed by atoms with Gasteiger partial charge in [-0.15, -0.1) is 0 Å². The van der Waals surface area contributed by atoms with Gasteiger partial charge >= 0.3 is 0 Å². The molecule has 1 saturated heterocycles. The molecule has 1 aliphatic rings. The Hall–Kier alpha value is 0.01000. The summed E-state index contributed by atoms with van der Waals surface area (Å²) in [7, 11) is 1.77. The Bertz CT molecular complexity index is 172. The molecule has 1 atom stereocenters. The van der Waals surface area contributed by atoms with Gasteiger partial charge in [0.2, 0.25) is 0 Å². The molecule has 1 aliphatic heterocycles. The van der Waals surface area contributed by atoms with E-state index in [2.05, 4.69) is 24.1 Å². The summed E-state index contributed by atoms with van der Waals surface area (Å²) in [5, 5.41) is 0. The number of likely N-dealkylation sites (tertiary alicyclic amines) is 1. The molecule has 13 heavy (non-hydrogen) atoms. The fraction of sp³-hybridized carbons (Fsp3) is 0.800. The van der Waals surface area contributed by atoms with Crippen molar-refractivity contribution in [3.05, 3.63) is 12.2 Å². The minimum atomic E-state index is 0.720. The van der Waals surface area contributed by atoms with Gasteiger partial charge in [-0.2, -0.15) is 12.6 Å². The Morgan fingerprint density at radius 3 is 3.08 bits per heavy atom. The maximum atomic E-state index is 5.14. The number of hydrogen-bond donors (Lipinski definition) is 1. The molecule has 2 nitrogen and oxygen atoms in total. The number of ether oxygens (including phenoxy) is 1.